The minimum atomic E-state index is -3.50. The van der Waals surface area contributed by atoms with Crippen LogP contribution in [0, 0.1) is 5.92 Å². The molecule has 1 fully saturated rings. The number of amides is 1. The fourth-order valence-corrected chi connectivity index (χ4v) is 2.33. The third-order valence-electron chi connectivity index (χ3n) is 2.82. The molecule has 2 N–H and O–H groups in total. The van der Waals surface area contributed by atoms with Crippen molar-refractivity contribution in [1.82, 2.24) is 0 Å². The summed E-state index contributed by atoms with van der Waals surface area (Å²) in [5.41, 5.74) is 5.17. The first-order valence-corrected chi connectivity index (χ1v) is 7.76. The Kier molecular flexibility index (Phi) is 5.91. The van der Waals surface area contributed by atoms with Crippen LogP contribution in [0.5, 0.6) is 0 Å². The Morgan fingerprint density at radius 3 is 2.60 bits per heavy atom. The van der Waals surface area contributed by atoms with Gasteiger partial charge in [0.15, 0.2) is 9.84 Å². The molecular formula is C14H19NO4S. The Morgan fingerprint density at radius 1 is 1.50 bits per heavy atom. The van der Waals surface area contributed by atoms with Crippen molar-refractivity contribution >= 4 is 15.7 Å². The Morgan fingerprint density at radius 2 is 2.20 bits per heavy atom. The van der Waals surface area contributed by atoms with Crippen molar-refractivity contribution in [2.24, 2.45) is 11.7 Å². The summed E-state index contributed by atoms with van der Waals surface area (Å²) in [6.45, 7) is 7.37. The van der Waals surface area contributed by atoms with Crippen molar-refractivity contribution in [1.29, 1.82) is 0 Å². The maximum Gasteiger partial charge on any atom is 0.248 e. The highest BCUT2D eigenvalue weighted by molar-refractivity contribution is 7.94. The van der Waals surface area contributed by atoms with E-state index in [-0.39, 0.29) is 10.5 Å². The molecule has 1 heterocycles. The van der Waals surface area contributed by atoms with E-state index in [4.69, 9.17) is 10.5 Å². The normalized spacial score (nSPS) is 17.9. The third kappa shape index (κ3) is 4.79. The summed E-state index contributed by atoms with van der Waals surface area (Å²) in [5.74, 6) is 0.163. The van der Waals surface area contributed by atoms with E-state index in [0.717, 1.165) is 24.5 Å². The zero-order chi connectivity index (χ0) is 15.2. The van der Waals surface area contributed by atoms with Gasteiger partial charge >= 0.3 is 0 Å². The number of sulfone groups is 1. The van der Waals surface area contributed by atoms with Crippen molar-refractivity contribution in [3.8, 4) is 0 Å². The van der Waals surface area contributed by atoms with Gasteiger partial charge in [-0.1, -0.05) is 19.6 Å². The molecule has 0 spiro atoms. The molecule has 1 aliphatic rings. The number of ether oxygens (including phenoxy) is 1. The largest absolute Gasteiger partial charge is 0.381 e. The molecule has 1 unspecified atom stereocenters. The van der Waals surface area contributed by atoms with E-state index in [1.54, 1.807) is 0 Å². The lowest BCUT2D eigenvalue weighted by atomic mass is 10.2. The van der Waals surface area contributed by atoms with Crippen LogP contribution in [0.1, 0.15) is 23.7 Å². The van der Waals surface area contributed by atoms with Crippen LogP contribution >= 0.6 is 0 Å². The molecule has 1 aromatic carbocycles. The number of primary amides is 1. The van der Waals surface area contributed by atoms with Gasteiger partial charge in [0.05, 0.1) is 4.90 Å². The Balaban J connectivity index is 0.000000276. The van der Waals surface area contributed by atoms with Crippen molar-refractivity contribution in [2.75, 3.05) is 13.2 Å². The number of benzene rings is 1. The summed E-state index contributed by atoms with van der Waals surface area (Å²) in [5, 5.41) is 0.826. The van der Waals surface area contributed by atoms with E-state index in [0.29, 0.717) is 0 Å². The number of carbonyl (C=O) groups is 1. The SMILES string of the molecule is C=CS(=O)(=O)c1cccc(C(N)=O)c1.CC1CCOC1. The van der Waals surface area contributed by atoms with Gasteiger partial charge in [0.2, 0.25) is 5.91 Å². The molecule has 6 heteroatoms. The van der Waals surface area contributed by atoms with Crippen LogP contribution in [-0.2, 0) is 14.6 Å². The van der Waals surface area contributed by atoms with Crippen molar-refractivity contribution in [2.45, 2.75) is 18.2 Å². The second kappa shape index (κ2) is 7.21. The van der Waals surface area contributed by atoms with Gasteiger partial charge in [-0.15, -0.1) is 0 Å². The highest BCUT2D eigenvalue weighted by atomic mass is 32.2. The first kappa shape index (κ1) is 16.4. The number of hydrogen-bond acceptors (Lipinski definition) is 4. The van der Waals surface area contributed by atoms with E-state index in [9.17, 15) is 13.2 Å². The molecule has 5 nitrogen and oxygen atoms in total. The van der Waals surface area contributed by atoms with Gasteiger partial charge < -0.3 is 10.5 Å². The predicted octanol–water partition coefficient (Wildman–Crippen LogP) is 1.75. The predicted molar refractivity (Wildman–Crippen MR) is 76.9 cm³/mol. The lowest BCUT2D eigenvalue weighted by molar-refractivity contribution is 0.1000. The molecule has 2 rings (SSSR count). The molecule has 1 saturated heterocycles. The van der Waals surface area contributed by atoms with Crippen LogP contribution < -0.4 is 5.73 Å². The molecule has 1 atom stereocenters. The summed E-state index contributed by atoms with van der Waals surface area (Å²) in [6, 6.07) is 5.50. The standard InChI is InChI=1S/C9H9NO3S.C5H10O/c1-2-14(12,13)8-5-3-4-7(6-8)9(10)11;1-5-2-3-6-4-5/h2-6H,1H2,(H2,10,11);5H,2-4H2,1H3. The van der Waals surface area contributed by atoms with Gasteiger partial charge in [0.1, 0.15) is 0 Å². The van der Waals surface area contributed by atoms with E-state index < -0.39 is 15.7 Å². The summed E-state index contributed by atoms with van der Waals surface area (Å²) >= 11 is 0. The average Bonchev–Trinajstić information content (AvgIpc) is 2.90. The molecular weight excluding hydrogens is 278 g/mol. The van der Waals surface area contributed by atoms with E-state index in [1.807, 2.05) is 0 Å². The van der Waals surface area contributed by atoms with Crippen LogP contribution in [0.3, 0.4) is 0 Å². The summed E-state index contributed by atoms with van der Waals surface area (Å²) in [7, 11) is -3.50. The van der Waals surface area contributed by atoms with Crippen molar-refractivity contribution < 1.29 is 17.9 Å². The van der Waals surface area contributed by atoms with Crippen LogP contribution in [0.4, 0.5) is 0 Å². The number of hydrogen-bond donors (Lipinski definition) is 1. The Hall–Kier alpha value is -1.66. The third-order valence-corrected chi connectivity index (χ3v) is 4.17. The topological polar surface area (TPSA) is 86.5 Å². The average molecular weight is 297 g/mol. The molecule has 1 aliphatic heterocycles. The van der Waals surface area contributed by atoms with Crippen LogP contribution in [-0.4, -0.2) is 27.5 Å². The van der Waals surface area contributed by atoms with Crippen LogP contribution in [0.25, 0.3) is 0 Å². The van der Waals surface area contributed by atoms with E-state index in [1.165, 1.54) is 30.7 Å². The van der Waals surface area contributed by atoms with Gasteiger partial charge in [0.25, 0.3) is 0 Å². The van der Waals surface area contributed by atoms with Crippen LogP contribution in [0.15, 0.2) is 41.1 Å². The summed E-state index contributed by atoms with van der Waals surface area (Å²) in [4.78, 5) is 10.8. The first-order valence-electron chi connectivity index (χ1n) is 6.22. The smallest absolute Gasteiger partial charge is 0.248 e. The molecule has 110 valence electrons. The monoisotopic (exact) mass is 297 g/mol. The highest BCUT2D eigenvalue weighted by Crippen LogP contribution is 2.13. The maximum absolute atomic E-state index is 11.3. The quantitative estimate of drug-likeness (QED) is 0.920. The zero-order valence-electron chi connectivity index (χ0n) is 11.4. The lowest BCUT2D eigenvalue weighted by Crippen LogP contribution is -2.11. The molecule has 20 heavy (non-hydrogen) atoms. The van der Waals surface area contributed by atoms with Crippen LogP contribution in [0.2, 0.25) is 0 Å². The van der Waals surface area contributed by atoms with E-state index >= 15 is 0 Å². The minimum absolute atomic E-state index is 0.0174. The highest BCUT2D eigenvalue weighted by Gasteiger charge is 2.11. The van der Waals surface area contributed by atoms with E-state index in [2.05, 4.69) is 13.5 Å². The fourth-order valence-electron chi connectivity index (χ4n) is 1.57. The zero-order valence-corrected chi connectivity index (χ0v) is 12.2. The molecule has 0 aromatic heterocycles. The number of carbonyl (C=O) groups excluding carboxylic acids is 1. The second-order valence-corrected chi connectivity index (χ2v) is 6.47. The molecule has 0 saturated carbocycles. The Labute approximate surface area is 119 Å². The van der Waals surface area contributed by atoms with Gasteiger partial charge in [-0.2, -0.15) is 0 Å². The first-order chi connectivity index (χ1) is 9.36. The minimum Gasteiger partial charge on any atom is -0.381 e. The fraction of sp³-hybridized carbons (Fsp3) is 0.357. The van der Waals surface area contributed by atoms with Crippen molar-refractivity contribution in [3.05, 3.63) is 41.8 Å². The maximum atomic E-state index is 11.3. The van der Waals surface area contributed by atoms with Gasteiger partial charge in [0, 0.05) is 24.2 Å². The van der Waals surface area contributed by atoms with Crippen molar-refractivity contribution in [3.63, 3.8) is 0 Å². The van der Waals surface area contributed by atoms with Gasteiger partial charge in [-0.3, -0.25) is 4.79 Å². The molecule has 0 radical (unpaired) electrons. The molecule has 1 aromatic rings. The van der Waals surface area contributed by atoms with Gasteiger partial charge in [-0.25, -0.2) is 8.42 Å². The summed E-state index contributed by atoms with van der Waals surface area (Å²) in [6.07, 6.45) is 1.26. The number of nitrogens with two attached hydrogens (primary N) is 1. The summed E-state index contributed by atoms with van der Waals surface area (Å²) < 4.78 is 27.7. The Bertz CT molecular complexity index is 575. The molecule has 0 aliphatic carbocycles. The van der Waals surface area contributed by atoms with Gasteiger partial charge in [-0.05, 0) is 30.5 Å². The molecule has 1 amide bonds. The lowest BCUT2D eigenvalue weighted by Gasteiger charge is -2.00. The number of rotatable bonds is 3. The second-order valence-electron chi connectivity index (χ2n) is 4.57. The molecule has 0 bridgehead atoms.